The predicted octanol–water partition coefficient (Wildman–Crippen LogP) is 0.0307. The predicted molar refractivity (Wildman–Crippen MR) is 22.9 cm³/mol. The van der Waals surface area contributed by atoms with Gasteiger partial charge in [-0.15, -0.1) is 0 Å². The van der Waals surface area contributed by atoms with Crippen molar-refractivity contribution in [1.82, 2.24) is 0 Å². The quantitative estimate of drug-likeness (QED) is 0.407. The summed E-state index contributed by atoms with van der Waals surface area (Å²) in [6.45, 7) is 0.420. The molecular formula is C3H4N2O. The fourth-order valence-corrected chi connectivity index (χ4v) is 0.227. The van der Waals surface area contributed by atoms with Crippen LogP contribution in [0.15, 0.2) is 9.98 Å². The first kappa shape index (κ1) is 3.33. The van der Waals surface area contributed by atoms with E-state index in [-0.39, 0.29) is 0 Å². The maximum atomic E-state index is 4.58. The van der Waals surface area contributed by atoms with Gasteiger partial charge in [0.05, 0.1) is 0 Å². The summed E-state index contributed by atoms with van der Waals surface area (Å²) < 4.78 is 4.58. The lowest BCUT2D eigenvalue weighted by atomic mass is 11.1. The van der Waals surface area contributed by atoms with Crippen LogP contribution in [0.5, 0.6) is 0 Å². The first-order chi connectivity index (χ1) is 3.00. The van der Waals surface area contributed by atoms with Crippen LogP contribution in [0.2, 0.25) is 0 Å². The van der Waals surface area contributed by atoms with Gasteiger partial charge in [0.15, 0.2) is 13.1 Å². The number of aliphatic imine (C=N–C) groups is 2. The van der Waals surface area contributed by atoms with Gasteiger partial charge < -0.3 is 4.74 Å². The molecule has 0 bridgehead atoms. The molecule has 1 aliphatic rings. The zero-order valence-electron chi connectivity index (χ0n) is 3.16. The maximum absolute atomic E-state index is 4.58. The van der Waals surface area contributed by atoms with E-state index < -0.39 is 0 Å². The molecule has 1 aliphatic heterocycles. The molecule has 3 nitrogen and oxygen atoms in total. The van der Waals surface area contributed by atoms with Crippen LogP contribution in [0.4, 0.5) is 0 Å². The largest absolute Gasteiger partial charge is 0.461 e. The molecule has 0 spiro atoms. The van der Waals surface area contributed by atoms with Gasteiger partial charge in [0.2, 0.25) is 0 Å². The highest BCUT2D eigenvalue weighted by molar-refractivity contribution is 5.69. The summed E-state index contributed by atoms with van der Waals surface area (Å²) in [5.41, 5.74) is 0. The van der Waals surface area contributed by atoms with E-state index in [1.54, 1.807) is 0 Å². The maximum Gasteiger partial charge on any atom is 0.182 e. The minimum absolute atomic E-state index is 0.420. The Morgan fingerprint density at radius 2 is 2.67 bits per heavy atom. The fourth-order valence-electron chi connectivity index (χ4n) is 0.227. The van der Waals surface area contributed by atoms with Crippen LogP contribution in [0, 0.1) is 0 Å². The molecule has 0 unspecified atom stereocenters. The van der Waals surface area contributed by atoms with Gasteiger partial charge in [-0.1, -0.05) is 0 Å². The second kappa shape index (κ2) is 1.55. The van der Waals surface area contributed by atoms with Crippen molar-refractivity contribution in [1.29, 1.82) is 0 Å². The summed E-state index contributed by atoms with van der Waals surface area (Å²) in [5, 5.41) is 0. The van der Waals surface area contributed by atoms with E-state index in [1.807, 2.05) is 0 Å². The van der Waals surface area contributed by atoms with Crippen molar-refractivity contribution in [3.63, 3.8) is 0 Å². The van der Waals surface area contributed by atoms with E-state index >= 15 is 0 Å². The van der Waals surface area contributed by atoms with Gasteiger partial charge in [0.25, 0.3) is 0 Å². The van der Waals surface area contributed by atoms with E-state index in [4.69, 9.17) is 0 Å². The van der Waals surface area contributed by atoms with Gasteiger partial charge in [0, 0.05) is 0 Å². The number of ether oxygens (including phenoxy) is 1. The summed E-state index contributed by atoms with van der Waals surface area (Å²) in [7, 11) is 0. The second-order valence-electron chi connectivity index (χ2n) is 0.848. The van der Waals surface area contributed by atoms with Crippen LogP contribution < -0.4 is 0 Å². The van der Waals surface area contributed by atoms with E-state index in [0.717, 1.165) is 0 Å². The fraction of sp³-hybridized carbons (Fsp3) is 0.333. The number of hydrogen-bond donors (Lipinski definition) is 0. The van der Waals surface area contributed by atoms with Crippen molar-refractivity contribution < 1.29 is 4.74 Å². The normalized spacial score (nSPS) is 17.3. The summed E-state index contributed by atoms with van der Waals surface area (Å²) in [5.74, 6) is 0. The van der Waals surface area contributed by atoms with E-state index in [2.05, 4.69) is 14.7 Å². The molecule has 6 heavy (non-hydrogen) atoms. The summed E-state index contributed by atoms with van der Waals surface area (Å²) >= 11 is 0. The summed E-state index contributed by atoms with van der Waals surface area (Å²) in [6.07, 6.45) is 2.83. The molecule has 32 valence electrons. The average molecular weight is 84.1 g/mol. The monoisotopic (exact) mass is 84.0 g/mol. The van der Waals surface area contributed by atoms with Gasteiger partial charge in [0.1, 0.15) is 6.34 Å². The Morgan fingerprint density at radius 1 is 1.67 bits per heavy atom. The Kier molecular flexibility index (Phi) is 0.859. The zero-order valence-corrected chi connectivity index (χ0v) is 3.16. The van der Waals surface area contributed by atoms with Crippen molar-refractivity contribution in [2.24, 2.45) is 9.98 Å². The summed E-state index contributed by atoms with van der Waals surface area (Å²) in [6, 6.07) is 0. The topological polar surface area (TPSA) is 34.0 Å². The van der Waals surface area contributed by atoms with Crippen LogP contribution >= 0.6 is 0 Å². The van der Waals surface area contributed by atoms with Crippen molar-refractivity contribution in [3.8, 4) is 0 Å². The van der Waals surface area contributed by atoms with E-state index in [0.29, 0.717) is 6.73 Å². The van der Waals surface area contributed by atoms with Crippen molar-refractivity contribution in [3.05, 3.63) is 0 Å². The van der Waals surface area contributed by atoms with Gasteiger partial charge in [-0.3, -0.25) is 0 Å². The van der Waals surface area contributed by atoms with Gasteiger partial charge >= 0.3 is 0 Å². The van der Waals surface area contributed by atoms with Gasteiger partial charge in [-0.2, -0.15) is 0 Å². The smallest absolute Gasteiger partial charge is 0.182 e. The standard InChI is InChI=1S/C3H4N2O/c1-4-2-6-3-5-1/h1-2H,3H2. The molecule has 3 heteroatoms. The third kappa shape index (κ3) is 0.544. The summed E-state index contributed by atoms with van der Waals surface area (Å²) in [4.78, 5) is 7.17. The molecule has 0 aromatic rings. The Balaban J connectivity index is 2.46. The highest BCUT2D eigenvalue weighted by atomic mass is 16.5. The molecule has 1 heterocycles. The molecule has 0 N–H and O–H groups in total. The molecule has 0 radical (unpaired) electrons. The molecule has 0 saturated carbocycles. The molecule has 0 aliphatic carbocycles. The molecule has 0 amide bonds. The third-order valence-corrected chi connectivity index (χ3v) is 0.433. The Labute approximate surface area is 35.4 Å². The van der Waals surface area contributed by atoms with Crippen LogP contribution in [-0.2, 0) is 4.74 Å². The molecule has 0 aromatic heterocycles. The minimum atomic E-state index is 0.420. The molecule has 0 saturated heterocycles. The first-order valence-corrected chi connectivity index (χ1v) is 1.62. The Hall–Kier alpha value is -0.860. The third-order valence-electron chi connectivity index (χ3n) is 0.433. The molecular weight excluding hydrogens is 80.0 g/mol. The molecule has 0 aromatic carbocycles. The SMILES string of the molecule is C1=NC=NCO1. The van der Waals surface area contributed by atoms with Crippen LogP contribution in [-0.4, -0.2) is 19.5 Å². The lowest BCUT2D eigenvalue weighted by Gasteiger charge is -1.93. The van der Waals surface area contributed by atoms with Crippen molar-refractivity contribution >= 4 is 12.7 Å². The lowest BCUT2D eigenvalue weighted by molar-refractivity contribution is 0.331. The second-order valence-corrected chi connectivity index (χ2v) is 0.848. The average Bonchev–Trinajstić information content (AvgIpc) is 1.72. The first-order valence-electron chi connectivity index (χ1n) is 1.62. The number of nitrogens with zero attached hydrogens (tertiary/aromatic N) is 2. The lowest BCUT2D eigenvalue weighted by Crippen LogP contribution is -1.92. The van der Waals surface area contributed by atoms with Gasteiger partial charge in [-0.05, 0) is 0 Å². The highest BCUT2D eigenvalue weighted by Gasteiger charge is 1.76. The van der Waals surface area contributed by atoms with Crippen molar-refractivity contribution in [2.45, 2.75) is 0 Å². The van der Waals surface area contributed by atoms with E-state index in [9.17, 15) is 0 Å². The Bertz CT molecular complexity index is 74.8. The van der Waals surface area contributed by atoms with E-state index in [1.165, 1.54) is 12.7 Å². The van der Waals surface area contributed by atoms with Crippen LogP contribution in [0.25, 0.3) is 0 Å². The minimum Gasteiger partial charge on any atom is -0.461 e. The molecule has 1 rings (SSSR count). The van der Waals surface area contributed by atoms with Crippen LogP contribution in [0.1, 0.15) is 0 Å². The molecule has 0 atom stereocenters. The highest BCUT2D eigenvalue weighted by Crippen LogP contribution is 1.75. The Morgan fingerprint density at radius 3 is 2.83 bits per heavy atom. The van der Waals surface area contributed by atoms with Crippen molar-refractivity contribution in [2.75, 3.05) is 6.73 Å². The number of hydrogen-bond acceptors (Lipinski definition) is 3. The molecule has 0 fully saturated rings. The van der Waals surface area contributed by atoms with Gasteiger partial charge in [-0.25, -0.2) is 9.98 Å². The van der Waals surface area contributed by atoms with Crippen LogP contribution in [0.3, 0.4) is 0 Å². The number of rotatable bonds is 0. The zero-order chi connectivity index (χ0) is 4.24.